The van der Waals surface area contributed by atoms with Gasteiger partial charge in [0.15, 0.2) is 0 Å². The first-order valence-corrected chi connectivity index (χ1v) is 8.49. The Morgan fingerprint density at radius 3 is 2.46 bits per heavy atom. The highest BCUT2D eigenvalue weighted by molar-refractivity contribution is 6.06. The second-order valence-corrected chi connectivity index (χ2v) is 6.39. The van der Waals surface area contributed by atoms with E-state index < -0.39 is 0 Å². The number of carbonyl (C=O) groups is 2. The van der Waals surface area contributed by atoms with Gasteiger partial charge in [-0.25, -0.2) is 0 Å². The van der Waals surface area contributed by atoms with E-state index in [9.17, 15) is 9.59 Å². The van der Waals surface area contributed by atoms with Crippen molar-refractivity contribution in [2.24, 2.45) is 13.0 Å². The summed E-state index contributed by atoms with van der Waals surface area (Å²) in [6.07, 6.45) is 7.17. The molecule has 0 atom stereocenters. The lowest BCUT2D eigenvalue weighted by Crippen LogP contribution is -2.16. The molecule has 0 aliphatic heterocycles. The van der Waals surface area contributed by atoms with Gasteiger partial charge in [-0.1, -0.05) is 6.07 Å². The molecule has 3 aromatic rings. The lowest BCUT2D eigenvalue weighted by Gasteiger charge is -2.10. The second-order valence-electron chi connectivity index (χ2n) is 6.39. The topological polar surface area (TPSA) is 81.0 Å². The summed E-state index contributed by atoms with van der Waals surface area (Å²) in [5.74, 6) is 0.599. The number of nitrogens with zero attached hydrogens (tertiary/aromatic N) is 3. The van der Waals surface area contributed by atoms with Gasteiger partial charge in [0.2, 0.25) is 5.91 Å². The van der Waals surface area contributed by atoms with E-state index in [1.54, 1.807) is 36.1 Å². The zero-order valence-corrected chi connectivity index (χ0v) is 14.3. The number of aromatic nitrogens is 3. The Bertz CT molecular complexity index is 954. The molecule has 0 saturated heterocycles. The summed E-state index contributed by atoms with van der Waals surface area (Å²) in [6.45, 7) is 0. The van der Waals surface area contributed by atoms with E-state index in [0.717, 1.165) is 12.8 Å². The molecule has 2 amide bonds. The summed E-state index contributed by atoms with van der Waals surface area (Å²) in [6, 6.07) is 10.9. The maximum Gasteiger partial charge on any atom is 0.261 e. The Hall–Kier alpha value is -3.35. The van der Waals surface area contributed by atoms with Crippen molar-refractivity contribution in [1.82, 2.24) is 14.3 Å². The number of rotatable bonds is 5. The van der Waals surface area contributed by atoms with Gasteiger partial charge in [-0.3, -0.25) is 14.3 Å². The van der Waals surface area contributed by atoms with Crippen LogP contribution in [0.3, 0.4) is 0 Å². The summed E-state index contributed by atoms with van der Waals surface area (Å²) < 4.78 is 3.50. The Morgan fingerprint density at radius 2 is 1.77 bits per heavy atom. The third-order valence-electron chi connectivity index (χ3n) is 4.34. The third kappa shape index (κ3) is 3.23. The van der Waals surface area contributed by atoms with Crippen LogP contribution in [0.4, 0.5) is 11.4 Å². The quantitative estimate of drug-likeness (QED) is 0.743. The van der Waals surface area contributed by atoms with Crippen LogP contribution in [0.2, 0.25) is 0 Å². The molecule has 0 unspecified atom stereocenters. The average Bonchev–Trinajstić information content (AvgIpc) is 3.20. The third-order valence-corrected chi connectivity index (χ3v) is 4.34. The van der Waals surface area contributed by atoms with Gasteiger partial charge < -0.3 is 15.2 Å². The predicted molar refractivity (Wildman–Crippen MR) is 98.3 cm³/mol. The fourth-order valence-corrected chi connectivity index (χ4v) is 2.84. The van der Waals surface area contributed by atoms with E-state index in [1.807, 2.05) is 35.2 Å². The van der Waals surface area contributed by atoms with Crippen molar-refractivity contribution >= 4 is 23.2 Å². The molecule has 1 aromatic carbocycles. The van der Waals surface area contributed by atoms with Crippen molar-refractivity contribution in [2.75, 3.05) is 10.6 Å². The van der Waals surface area contributed by atoms with Crippen molar-refractivity contribution in [3.05, 3.63) is 60.6 Å². The van der Waals surface area contributed by atoms with Gasteiger partial charge in [0.05, 0.1) is 6.20 Å². The highest BCUT2D eigenvalue weighted by Gasteiger charge is 2.29. The van der Waals surface area contributed by atoms with Gasteiger partial charge in [0, 0.05) is 36.7 Å². The molecule has 4 rings (SSSR count). The highest BCUT2D eigenvalue weighted by atomic mass is 16.2. The molecule has 0 spiro atoms. The summed E-state index contributed by atoms with van der Waals surface area (Å²) in [5, 5.41) is 9.96. The van der Waals surface area contributed by atoms with Crippen LogP contribution in [0.15, 0.2) is 55.0 Å². The standard InChI is InChI=1S/C19H19N5O2/c1-23-19(24-9-2-3-10-24)16(12-20-23)18(26)22-15-6-4-5-14(11-15)21-17(25)13-7-8-13/h2-6,9-13H,7-8H2,1H3,(H,21,25)(H,22,26). The molecule has 1 saturated carbocycles. The van der Waals surface area contributed by atoms with Crippen molar-refractivity contribution in [2.45, 2.75) is 12.8 Å². The first-order valence-electron chi connectivity index (χ1n) is 8.49. The van der Waals surface area contributed by atoms with Gasteiger partial charge in [-0.15, -0.1) is 0 Å². The smallest absolute Gasteiger partial charge is 0.261 e. The second kappa shape index (κ2) is 6.51. The van der Waals surface area contributed by atoms with Crippen LogP contribution in [-0.2, 0) is 11.8 Å². The van der Waals surface area contributed by atoms with Crippen molar-refractivity contribution in [3.8, 4) is 5.82 Å². The first kappa shape index (κ1) is 16.1. The molecular formula is C19H19N5O2. The van der Waals surface area contributed by atoms with Crippen LogP contribution in [0, 0.1) is 5.92 Å². The largest absolute Gasteiger partial charge is 0.326 e. The van der Waals surface area contributed by atoms with Crippen molar-refractivity contribution in [3.63, 3.8) is 0 Å². The molecule has 132 valence electrons. The molecule has 7 nitrogen and oxygen atoms in total. The zero-order valence-electron chi connectivity index (χ0n) is 14.3. The minimum absolute atomic E-state index is 0.0376. The van der Waals surface area contributed by atoms with E-state index in [2.05, 4.69) is 15.7 Å². The van der Waals surface area contributed by atoms with E-state index in [1.165, 1.54) is 0 Å². The van der Waals surface area contributed by atoms with Gasteiger partial charge in [0.1, 0.15) is 11.4 Å². The number of amides is 2. The minimum atomic E-state index is -0.257. The molecule has 2 aromatic heterocycles. The van der Waals surface area contributed by atoms with E-state index >= 15 is 0 Å². The fraction of sp³-hybridized carbons (Fsp3) is 0.211. The molecule has 1 aliphatic carbocycles. The number of aryl methyl sites for hydroxylation is 1. The predicted octanol–water partition coefficient (Wildman–Crippen LogP) is 2.81. The molecule has 1 fully saturated rings. The van der Waals surface area contributed by atoms with Gasteiger partial charge in [0.25, 0.3) is 5.91 Å². The number of carbonyl (C=O) groups excluding carboxylic acids is 2. The van der Waals surface area contributed by atoms with Crippen LogP contribution >= 0.6 is 0 Å². The van der Waals surface area contributed by atoms with E-state index in [0.29, 0.717) is 22.8 Å². The molecule has 0 bridgehead atoms. The summed E-state index contributed by atoms with van der Waals surface area (Å²) in [4.78, 5) is 24.6. The Kier molecular flexibility index (Phi) is 4.04. The minimum Gasteiger partial charge on any atom is -0.326 e. The Balaban J connectivity index is 1.53. The maximum absolute atomic E-state index is 12.7. The van der Waals surface area contributed by atoms with Crippen LogP contribution < -0.4 is 10.6 Å². The van der Waals surface area contributed by atoms with Crippen LogP contribution in [0.5, 0.6) is 0 Å². The Morgan fingerprint density at radius 1 is 1.08 bits per heavy atom. The SMILES string of the molecule is Cn1ncc(C(=O)Nc2cccc(NC(=O)C3CC3)c2)c1-n1cccc1. The molecule has 2 heterocycles. The normalized spacial score (nSPS) is 13.4. The van der Waals surface area contributed by atoms with Crippen LogP contribution in [-0.4, -0.2) is 26.2 Å². The molecule has 2 N–H and O–H groups in total. The fourth-order valence-electron chi connectivity index (χ4n) is 2.84. The summed E-state index contributed by atoms with van der Waals surface area (Å²) >= 11 is 0. The average molecular weight is 349 g/mol. The maximum atomic E-state index is 12.7. The lowest BCUT2D eigenvalue weighted by molar-refractivity contribution is -0.117. The zero-order chi connectivity index (χ0) is 18.1. The van der Waals surface area contributed by atoms with Crippen molar-refractivity contribution < 1.29 is 9.59 Å². The summed E-state index contributed by atoms with van der Waals surface area (Å²) in [5.41, 5.74) is 1.76. The Labute approximate surface area is 150 Å². The number of anilines is 2. The lowest BCUT2D eigenvalue weighted by atomic mass is 10.2. The highest BCUT2D eigenvalue weighted by Crippen LogP contribution is 2.30. The molecule has 7 heteroatoms. The molecular weight excluding hydrogens is 330 g/mol. The van der Waals surface area contributed by atoms with Crippen molar-refractivity contribution in [1.29, 1.82) is 0 Å². The number of benzene rings is 1. The van der Waals surface area contributed by atoms with E-state index in [-0.39, 0.29) is 17.7 Å². The van der Waals surface area contributed by atoms with E-state index in [4.69, 9.17) is 0 Å². The molecule has 0 radical (unpaired) electrons. The monoisotopic (exact) mass is 349 g/mol. The first-order chi connectivity index (χ1) is 12.6. The number of hydrogen-bond acceptors (Lipinski definition) is 3. The molecule has 26 heavy (non-hydrogen) atoms. The number of hydrogen-bond donors (Lipinski definition) is 2. The van der Waals surface area contributed by atoms with Gasteiger partial charge in [-0.05, 0) is 43.2 Å². The molecule has 1 aliphatic rings. The van der Waals surface area contributed by atoms with Crippen LogP contribution in [0.25, 0.3) is 5.82 Å². The van der Waals surface area contributed by atoms with Crippen LogP contribution in [0.1, 0.15) is 23.2 Å². The number of nitrogens with one attached hydrogen (secondary N) is 2. The van der Waals surface area contributed by atoms with Gasteiger partial charge >= 0.3 is 0 Å². The summed E-state index contributed by atoms with van der Waals surface area (Å²) in [7, 11) is 1.79. The van der Waals surface area contributed by atoms with Gasteiger partial charge in [-0.2, -0.15) is 5.10 Å².